The van der Waals surface area contributed by atoms with Crippen molar-refractivity contribution < 1.29 is 4.92 Å². The zero-order valence-corrected chi connectivity index (χ0v) is 11.7. The summed E-state index contributed by atoms with van der Waals surface area (Å²) in [7, 11) is 0. The summed E-state index contributed by atoms with van der Waals surface area (Å²) in [6.07, 6.45) is 7.21. The van der Waals surface area contributed by atoms with E-state index >= 15 is 0 Å². The summed E-state index contributed by atoms with van der Waals surface area (Å²) >= 11 is 0. The molecule has 0 atom stereocenters. The number of nitro groups is 1. The fourth-order valence-corrected chi connectivity index (χ4v) is 2.67. The van der Waals surface area contributed by atoms with Gasteiger partial charge in [0.05, 0.1) is 4.92 Å². The highest BCUT2D eigenvalue weighted by atomic mass is 16.6. The molecule has 0 aromatic carbocycles. The summed E-state index contributed by atoms with van der Waals surface area (Å²) in [5.74, 6) is 1.80. The van der Waals surface area contributed by atoms with E-state index in [0.717, 1.165) is 18.5 Å². The Hall–Kier alpha value is -1.92. The van der Waals surface area contributed by atoms with Crippen molar-refractivity contribution in [3.05, 3.63) is 16.3 Å². The predicted molar refractivity (Wildman–Crippen MR) is 77.3 cm³/mol. The number of aromatic nitrogens is 2. The molecule has 1 saturated carbocycles. The molecule has 7 nitrogen and oxygen atoms in total. The Labute approximate surface area is 118 Å². The van der Waals surface area contributed by atoms with Crippen molar-refractivity contribution in [1.29, 1.82) is 0 Å². The third-order valence-electron chi connectivity index (χ3n) is 3.97. The van der Waals surface area contributed by atoms with Gasteiger partial charge in [0.15, 0.2) is 0 Å². The van der Waals surface area contributed by atoms with Crippen molar-refractivity contribution in [3.63, 3.8) is 0 Å². The van der Waals surface area contributed by atoms with Crippen LogP contribution in [0.3, 0.4) is 0 Å². The first kappa shape index (κ1) is 14.5. The van der Waals surface area contributed by atoms with E-state index in [1.807, 2.05) is 0 Å². The molecule has 1 aromatic heterocycles. The Morgan fingerprint density at radius 2 is 2.15 bits per heavy atom. The van der Waals surface area contributed by atoms with Crippen LogP contribution in [0.5, 0.6) is 0 Å². The fraction of sp³-hybridized carbons (Fsp3) is 0.692. The van der Waals surface area contributed by atoms with Crippen LogP contribution >= 0.6 is 0 Å². The minimum Gasteiger partial charge on any atom is -0.368 e. The summed E-state index contributed by atoms with van der Waals surface area (Å²) in [4.78, 5) is 17.9. The lowest BCUT2D eigenvalue weighted by Gasteiger charge is -2.26. The van der Waals surface area contributed by atoms with Crippen molar-refractivity contribution in [2.45, 2.75) is 39.0 Å². The molecular formula is C13H21N5O2. The van der Waals surface area contributed by atoms with E-state index in [2.05, 4.69) is 22.2 Å². The molecule has 7 heteroatoms. The number of nitrogens with zero attached hydrogens (tertiary/aromatic N) is 3. The first-order chi connectivity index (χ1) is 9.56. The van der Waals surface area contributed by atoms with Crippen LogP contribution in [0.1, 0.15) is 39.0 Å². The summed E-state index contributed by atoms with van der Waals surface area (Å²) in [6.45, 7) is 2.97. The molecule has 0 saturated heterocycles. The van der Waals surface area contributed by atoms with Crippen molar-refractivity contribution in [2.24, 2.45) is 11.8 Å². The standard InChI is InChI=1S/C13H21N5O2/c1-9-2-4-10(5-3-9)6-7-15-12-11(18(19)20)8-16-13(14)17-12/h8-10H,2-7H2,1H3,(H3,14,15,16,17). The molecule has 1 aromatic rings. The molecule has 20 heavy (non-hydrogen) atoms. The lowest BCUT2D eigenvalue weighted by molar-refractivity contribution is -0.384. The largest absolute Gasteiger partial charge is 0.368 e. The van der Waals surface area contributed by atoms with E-state index in [9.17, 15) is 10.1 Å². The first-order valence-electron chi connectivity index (χ1n) is 7.07. The van der Waals surface area contributed by atoms with Gasteiger partial charge < -0.3 is 11.1 Å². The second-order valence-corrected chi connectivity index (χ2v) is 5.56. The monoisotopic (exact) mass is 279 g/mol. The third-order valence-corrected chi connectivity index (χ3v) is 3.97. The lowest BCUT2D eigenvalue weighted by Crippen LogP contribution is -2.16. The Morgan fingerprint density at radius 3 is 2.80 bits per heavy atom. The Bertz CT molecular complexity index is 472. The molecule has 1 fully saturated rings. The summed E-state index contributed by atoms with van der Waals surface area (Å²) < 4.78 is 0. The van der Waals surface area contributed by atoms with Crippen LogP contribution < -0.4 is 11.1 Å². The number of hydrogen-bond donors (Lipinski definition) is 2. The molecule has 110 valence electrons. The molecule has 0 amide bonds. The van der Waals surface area contributed by atoms with Gasteiger partial charge in [0, 0.05) is 6.54 Å². The highest BCUT2D eigenvalue weighted by molar-refractivity contribution is 5.56. The predicted octanol–water partition coefficient (Wildman–Crippen LogP) is 2.60. The SMILES string of the molecule is CC1CCC(CCNc2nc(N)ncc2[N+](=O)[O-])CC1. The Kier molecular flexibility index (Phi) is 4.70. The van der Waals surface area contributed by atoms with E-state index in [-0.39, 0.29) is 17.5 Å². The molecular weight excluding hydrogens is 258 g/mol. The Morgan fingerprint density at radius 1 is 1.45 bits per heavy atom. The number of hydrogen-bond acceptors (Lipinski definition) is 6. The first-order valence-corrected chi connectivity index (χ1v) is 7.07. The number of anilines is 2. The molecule has 3 N–H and O–H groups in total. The second-order valence-electron chi connectivity index (χ2n) is 5.56. The van der Waals surface area contributed by atoms with Crippen LogP contribution in [0.4, 0.5) is 17.5 Å². The maximum absolute atomic E-state index is 10.9. The van der Waals surface area contributed by atoms with Crippen molar-refractivity contribution in [3.8, 4) is 0 Å². The third kappa shape index (κ3) is 3.79. The van der Waals surface area contributed by atoms with Crippen molar-refractivity contribution in [1.82, 2.24) is 9.97 Å². The van der Waals surface area contributed by atoms with Gasteiger partial charge in [-0.1, -0.05) is 32.6 Å². The maximum Gasteiger partial charge on any atom is 0.329 e. The fourth-order valence-electron chi connectivity index (χ4n) is 2.67. The lowest BCUT2D eigenvalue weighted by atomic mass is 9.81. The van der Waals surface area contributed by atoms with Crippen molar-refractivity contribution in [2.75, 3.05) is 17.6 Å². The summed E-state index contributed by atoms with van der Waals surface area (Å²) in [5.41, 5.74) is 5.34. The molecule has 1 aliphatic carbocycles. The van der Waals surface area contributed by atoms with Crippen molar-refractivity contribution >= 4 is 17.5 Å². The van der Waals surface area contributed by atoms with Gasteiger partial charge in [-0.25, -0.2) is 4.98 Å². The minimum absolute atomic E-state index is 0.0459. The minimum atomic E-state index is -0.496. The van der Waals surface area contributed by atoms with E-state index in [1.54, 1.807) is 0 Å². The molecule has 0 bridgehead atoms. The smallest absolute Gasteiger partial charge is 0.329 e. The maximum atomic E-state index is 10.9. The van der Waals surface area contributed by atoms with Gasteiger partial charge in [-0.05, 0) is 18.3 Å². The molecule has 1 heterocycles. The van der Waals surface area contributed by atoms with Crippen LogP contribution in [0, 0.1) is 22.0 Å². The average molecular weight is 279 g/mol. The molecule has 1 aliphatic rings. The molecule has 0 unspecified atom stereocenters. The van der Waals surface area contributed by atoms with Gasteiger partial charge in [0.25, 0.3) is 0 Å². The van der Waals surface area contributed by atoms with E-state index < -0.39 is 4.92 Å². The number of nitrogens with one attached hydrogen (secondary N) is 1. The van der Waals surface area contributed by atoms with E-state index in [1.165, 1.54) is 25.7 Å². The highest BCUT2D eigenvalue weighted by Crippen LogP contribution is 2.30. The molecule has 0 spiro atoms. The topological polar surface area (TPSA) is 107 Å². The highest BCUT2D eigenvalue weighted by Gasteiger charge is 2.19. The van der Waals surface area contributed by atoms with Gasteiger partial charge in [0.2, 0.25) is 11.8 Å². The van der Waals surface area contributed by atoms with Crippen LogP contribution in [0.25, 0.3) is 0 Å². The van der Waals surface area contributed by atoms with E-state index in [0.29, 0.717) is 12.5 Å². The quantitative estimate of drug-likeness (QED) is 0.633. The van der Waals surface area contributed by atoms with Crippen LogP contribution in [0.2, 0.25) is 0 Å². The van der Waals surface area contributed by atoms with E-state index in [4.69, 9.17) is 5.73 Å². The van der Waals surface area contributed by atoms with Crippen LogP contribution in [-0.2, 0) is 0 Å². The van der Waals surface area contributed by atoms with Gasteiger partial charge >= 0.3 is 5.69 Å². The molecule has 2 rings (SSSR count). The van der Waals surface area contributed by atoms with Crippen LogP contribution in [0.15, 0.2) is 6.20 Å². The summed E-state index contributed by atoms with van der Waals surface area (Å²) in [6, 6.07) is 0. The second kappa shape index (κ2) is 6.49. The molecule has 0 radical (unpaired) electrons. The normalized spacial score (nSPS) is 22.4. The van der Waals surface area contributed by atoms with Crippen LogP contribution in [-0.4, -0.2) is 21.4 Å². The number of rotatable bonds is 5. The van der Waals surface area contributed by atoms with Gasteiger partial charge in [-0.3, -0.25) is 10.1 Å². The number of nitrogen functional groups attached to an aromatic ring is 1. The summed E-state index contributed by atoms with van der Waals surface area (Å²) in [5, 5.41) is 13.9. The Balaban J connectivity index is 1.87. The zero-order chi connectivity index (χ0) is 14.5. The average Bonchev–Trinajstić information content (AvgIpc) is 2.41. The zero-order valence-electron chi connectivity index (χ0n) is 11.7. The van der Waals surface area contributed by atoms with Gasteiger partial charge in [-0.15, -0.1) is 0 Å². The molecule has 0 aliphatic heterocycles. The number of nitrogens with two attached hydrogens (primary N) is 1. The van der Waals surface area contributed by atoms with Gasteiger partial charge in [-0.2, -0.15) is 4.98 Å². The van der Waals surface area contributed by atoms with Gasteiger partial charge in [0.1, 0.15) is 6.20 Å².